The van der Waals surface area contributed by atoms with E-state index < -0.39 is 23.0 Å². The monoisotopic (exact) mass is 464 g/mol. The number of alkyl carbamates (subject to hydrolysis) is 1. The molecule has 2 aromatic rings. The van der Waals surface area contributed by atoms with Crippen molar-refractivity contribution in [2.75, 3.05) is 32.9 Å². The average molecular weight is 465 g/mol. The average Bonchev–Trinajstić information content (AvgIpc) is 3.40. The van der Waals surface area contributed by atoms with Gasteiger partial charge in [0.25, 0.3) is 5.91 Å². The fourth-order valence-corrected chi connectivity index (χ4v) is 5.36. The molecule has 1 atom stereocenters. The van der Waals surface area contributed by atoms with Crippen LogP contribution < -0.4 is 5.32 Å². The van der Waals surface area contributed by atoms with Gasteiger partial charge in [0.15, 0.2) is 0 Å². The molecule has 8 heteroatoms. The highest BCUT2D eigenvalue weighted by Gasteiger charge is 2.55. The fourth-order valence-electron chi connectivity index (χ4n) is 5.36. The van der Waals surface area contributed by atoms with E-state index in [1.54, 1.807) is 6.92 Å². The van der Waals surface area contributed by atoms with Crippen LogP contribution in [0.2, 0.25) is 0 Å². The SMILES string of the molecule is CCC1(C(=O)O)CN(C(=O)C2(NC(=O)OCC3c4ccccc4-c4ccccc43)CCOC2)C1. The summed E-state index contributed by atoms with van der Waals surface area (Å²) >= 11 is 0. The summed E-state index contributed by atoms with van der Waals surface area (Å²) in [7, 11) is 0. The Morgan fingerprint density at radius 1 is 1.09 bits per heavy atom. The van der Waals surface area contributed by atoms with Crippen molar-refractivity contribution in [3.05, 3.63) is 59.7 Å². The van der Waals surface area contributed by atoms with Crippen LogP contribution in [0.1, 0.15) is 36.8 Å². The maximum Gasteiger partial charge on any atom is 0.408 e. The number of likely N-dealkylation sites (tertiary alicyclic amines) is 1. The van der Waals surface area contributed by atoms with Crippen LogP contribution in [0.15, 0.2) is 48.5 Å². The lowest BCUT2D eigenvalue weighted by Gasteiger charge is -2.49. The van der Waals surface area contributed by atoms with Crippen molar-refractivity contribution in [2.24, 2.45) is 5.41 Å². The minimum absolute atomic E-state index is 0.0404. The molecule has 0 saturated carbocycles. The Morgan fingerprint density at radius 2 is 1.71 bits per heavy atom. The largest absolute Gasteiger partial charge is 0.481 e. The summed E-state index contributed by atoms with van der Waals surface area (Å²) in [5, 5.41) is 12.3. The van der Waals surface area contributed by atoms with E-state index in [1.165, 1.54) is 4.90 Å². The third-order valence-electron chi connectivity index (χ3n) is 7.52. The van der Waals surface area contributed by atoms with Gasteiger partial charge >= 0.3 is 12.1 Å². The van der Waals surface area contributed by atoms with Crippen LogP contribution in [0.3, 0.4) is 0 Å². The predicted molar refractivity (Wildman–Crippen MR) is 123 cm³/mol. The molecule has 1 unspecified atom stereocenters. The standard InChI is InChI=1S/C26H28N2O6/c1-2-25(23(30)31)14-28(15-25)22(29)26(11-12-33-16-26)27-24(32)34-13-21-19-9-5-3-7-17(19)18-8-4-6-10-20(18)21/h3-10,21H,2,11-16H2,1H3,(H,27,32)(H,30,31). The van der Waals surface area contributed by atoms with E-state index in [0.29, 0.717) is 19.4 Å². The zero-order valence-electron chi connectivity index (χ0n) is 19.1. The number of amides is 2. The Balaban J connectivity index is 1.27. The molecule has 0 aromatic heterocycles. The van der Waals surface area contributed by atoms with Crippen LogP contribution >= 0.6 is 0 Å². The lowest BCUT2D eigenvalue weighted by atomic mass is 9.76. The molecule has 3 aliphatic rings. The molecule has 0 radical (unpaired) electrons. The van der Waals surface area contributed by atoms with Gasteiger partial charge < -0.3 is 24.8 Å². The Kier molecular flexibility index (Phi) is 5.56. The normalized spacial score (nSPS) is 22.4. The number of hydrogen-bond donors (Lipinski definition) is 2. The molecule has 8 nitrogen and oxygen atoms in total. The summed E-state index contributed by atoms with van der Waals surface area (Å²) in [5.41, 5.74) is 2.34. The summed E-state index contributed by atoms with van der Waals surface area (Å²) < 4.78 is 11.1. The first kappa shape index (κ1) is 22.4. The number of benzene rings is 2. The van der Waals surface area contributed by atoms with Crippen LogP contribution in [0.25, 0.3) is 11.1 Å². The minimum Gasteiger partial charge on any atom is -0.481 e. The highest BCUT2D eigenvalue weighted by atomic mass is 16.6. The topological polar surface area (TPSA) is 105 Å². The highest BCUT2D eigenvalue weighted by molar-refractivity contribution is 5.93. The van der Waals surface area contributed by atoms with Crippen molar-refractivity contribution in [1.29, 1.82) is 0 Å². The summed E-state index contributed by atoms with van der Waals surface area (Å²) in [6.07, 6.45) is 0.0787. The molecular weight excluding hydrogens is 436 g/mol. The van der Waals surface area contributed by atoms with Gasteiger partial charge in [-0.25, -0.2) is 4.79 Å². The second-order valence-electron chi connectivity index (χ2n) is 9.44. The zero-order chi connectivity index (χ0) is 23.9. The van der Waals surface area contributed by atoms with E-state index in [0.717, 1.165) is 22.3 Å². The van der Waals surface area contributed by atoms with Gasteiger partial charge in [-0.3, -0.25) is 9.59 Å². The molecule has 0 spiro atoms. The van der Waals surface area contributed by atoms with E-state index in [1.807, 2.05) is 36.4 Å². The van der Waals surface area contributed by atoms with Crippen molar-refractivity contribution < 1.29 is 29.0 Å². The lowest BCUT2D eigenvalue weighted by molar-refractivity contribution is -0.169. The molecule has 2 aromatic carbocycles. The number of carboxylic acids is 1. The van der Waals surface area contributed by atoms with Gasteiger partial charge in [0.1, 0.15) is 17.6 Å². The predicted octanol–water partition coefficient (Wildman–Crippen LogP) is 3.01. The second-order valence-corrected chi connectivity index (χ2v) is 9.44. The first-order valence-corrected chi connectivity index (χ1v) is 11.6. The third kappa shape index (κ3) is 3.53. The Hall–Kier alpha value is -3.39. The van der Waals surface area contributed by atoms with Crippen LogP contribution in [0.5, 0.6) is 0 Å². The molecule has 2 aliphatic heterocycles. The maximum absolute atomic E-state index is 13.3. The van der Waals surface area contributed by atoms with E-state index in [2.05, 4.69) is 17.4 Å². The first-order valence-electron chi connectivity index (χ1n) is 11.6. The van der Waals surface area contributed by atoms with Crippen molar-refractivity contribution >= 4 is 18.0 Å². The van der Waals surface area contributed by atoms with Gasteiger partial charge in [0.2, 0.25) is 0 Å². The van der Waals surface area contributed by atoms with Crippen LogP contribution in [-0.2, 0) is 19.1 Å². The van der Waals surface area contributed by atoms with Gasteiger partial charge in [0.05, 0.1) is 6.61 Å². The van der Waals surface area contributed by atoms with Gasteiger partial charge in [-0.05, 0) is 28.7 Å². The third-order valence-corrected chi connectivity index (χ3v) is 7.52. The van der Waals surface area contributed by atoms with Gasteiger partial charge in [0, 0.05) is 32.0 Å². The fraction of sp³-hybridized carbons (Fsp3) is 0.423. The number of nitrogens with one attached hydrogen (secondary N) is 1. The van der Waals surface area contributed by atoms with Crippen molar-refractivity contribution in [2.45, 2.75) is 31.2 Å². The molecule has 178 valence electrons. The molecule has 1 aliphatic carbocycles. The number of carbonyl (C=O) groups excluding carboxylic acids is 2. The van der Waals surface area contributed by atoms with E-state index >= 15 is 0 Å². The lowest BCUT2D eigenvalue weighted by Crippen LogP contribution is -2.69. The number of hydrogen-bond acceptors (Lipinski definition) is 5. The zero-order valence-corrected chi connectivity index (χ0v) is 19.1. The smallest absolute Gasteiger partial charge is 0.408 e. The number of fused-ring (bicyclic) bond motifs is 3. The Labute approximate surface area is 197 Å². The summed E-state index contributed by atoms with van der Waals surface area (Å²) in [6, 6.07) is 16.2. The van der Waals surface area contributed by atoms with Gasteiger partial charge in [-0.15, -0.1) is 0 Å². The maximum atomic E-state index is 13.3. The summed E-state index contributed by atoms with van der Waals surface area (Å²) in [5.74, 6) is -1.30. The van der Waals surface area contributed by atoms with Gasteiger partial charge in [-0.2, -0.15) is 0 Å². The quantitative estimate of drug-likeness (QED) is 0.681. The Bertz CT molecular complexity index is 1090. The molecular formula is C26H28N2O6. The molecule has 2 fully saturated rings. The van der Waals surface area contributed by atoms with Crippen molar-refractivity contribution in [1.82, 2.24) is 10.2 Å². The number of rotatable bonds is 6. The number of carbonyl (C=O) groups is 3. The summed E-state index contributed by atoms with van der Waals surface area (Å²) in [6.45, 7) is 2.59. The Morgan fingerprint density at radius 3 is 2.24 bits per heavy atom. The molecule has 34 heavy (non-hydrogen) atoms. The minimum atomic E-state index is -1.24. The van der Waals surface area contributed by atoms with E-state index in [-0.39, 0.29) is 38.1 Å². The molecule has 2 saturated heterocycles. The highest BCUT2D eigenvalue weighted by Crippen LogP contribution is 2.44. The molecule has 5 rings (SSSR count). The number of carboxylic acid groups (broad SMARTS) is 1. The van der Waals surface area contributed by atoms with Crippen LogP contribution in [-0.4, -0.2) is 66.4 Å². The first-order chi connectivity index (χ1) is 16.4. The molecule has 2 N–H and O–H groups in total. The second kappa shape index (κ2) is 8.43. The van der Waals surface area contributed by atoms with E-state index in [4.69, 9.17) is 9.47 Å². The van der Waals surface area contributed by atoms with Crippen molar-refractivity contribution in [3.63, 3.8) is 0 Å². The van der Waals surface area contributed by atoms with E-state index in [9.17, 15) is 19.5 Å². The van der Waals surface area contributed by atoms with Gasteiger partial charge in [-0.1, -0.05) is 55.5 Å². The van der Waals surface area contributed by atoms with Crippen molar-refractivity contribution in [3.8, 4) is 11.1 Å². The number of aliphatic carboxylic acids is 1. The molecule has 2 amide bonds. The summed E-state index contributed by atoms with van der Waals surface area (Å²) in [4.78, 5) is 39.2. The number of nitrogens with zero attached hydrogens (tertiary/aromatic N) is 1. The van der Waals surface area contributed by atoms with Crippen LogP contribution in [0, 0.1) is 5.41 Å². The number of ether oxygens (including phenoxy) is 2. The molecule has 2 heterocycles. The van der Waals surface area contributed by atoms with Crippen LogP contribution in [0.4, 0.5) is 4.79 Å². The molecule has 0 bridgehead atoms.